The average Bonchev–Trinajstić information content (AvgIpc) is 2.14. The van der Waals surface area contributed by atoms with Crippen molar-refractivity contribution in [3.63, 3.8) is 0 Å². The second-order valence-electron chi connectivity index (χ2n) is 2.92. The molecule has 0 aliphatic carbocycles. The molecule has 6 heteroatoms. The predicted molar refractivity (Wildman–Crippen MR) is 51.7 cm³/mol. The van der Waals surface area contributed by atoms with E-state index in [9.17, 15) is 9.59 Å². The van der Waals surface area contributed by atoms with Crippen molar-refractivity contribution in [2.75, 3.05) is 33.8 Å². The number of nitrogens with one attached hydrogen (secondary N) is 1. The fourth-order valence-corrected chi connectivity index (χ4v) is 0.890. The summed E-state index contributed by atoms with van der Waals surface area (Å²) in [6, 6.07) is 0. The number of hydrogen-bond acceptors (Lipinski definition) is 5. The van der Waals surface area contributed by atoms with Crippen molar-refractivity contribution in [3.8, 4) is 0 Å². The van der Waals surface area contributed by atoms with Crippen LogP contribution in [0.15, 0.2) is 0 Å². The first-order valence-corrected chi connectivity index (χ1v) is 4.36. The lowest BCUT2D eigenvalue weighted by Gasteiger charge is -2.14. The SMILES string of the molecule is COC(=O)NC(=O)CN(C)CCCN. The molecule has 82 valence electrons. The third-order valence-electron chi connectivity index (χ3n) is 1.58. The molecule has 0 spiro atoms. The number of carbonyl (C=O) groups excluding carboxylic acids is 2. The molecular weight excluding hydrogens is 186 g/mol. The summed E-state index contributed by atoms with van der Waals surface area (Å²) in [4.78, 5) is 23.5. The number of imide groups is 1. The zero-order chi connectivity index (χ0) is 11.0. The van der Waals surface area contributed by atoms with E-state index in [1.165, 1.54) is 7.11 Å². The number of alkyl carbamates (subject to hydrolysis) is 1. The van der Waals surface area contributed by atoms with Gasteiger partial charge in [-0.05, 0) is 26.6 Å². The number of likely N-dealkylation sites (N-methyl/N-ethyl adjacent to an activating group) is 1. The van der Waals surface area contributed by atoms with Gasteiger partial charge in [0, 0.05) is 0 Å². The Balaban J connectivity index is 3.65. The van der Waals surface area contributed by atoms with Crippen LogP contribution in [0.5, 0.6) is 0 Å². The van der Waals surface area contributed by atoms with Gasteiger partial charge in [-0.2, -0.15) is 0 Å². The van der Waals surface area contributed by atoms with Crippen LogP contribution >= 0.6 is 0 Å². The minimum Gasteiger partial charge on any atom is -0.453 e. The number of rotatable bonds is 5. The molecule has 14 heavy (non-hydrogen) atoms. The third-order valence-corrected chi connectivity index (χ3v) is 1.58. The van der Waals surface area contributed by atoms with Gasteiger partial charge < -0.3 is 10.5 Å². The molecule has 0 radical (unpaired) electrons. The van der Waals surface area contributed by atoms with Crippen molar-refractivity contribution in [2.45, 2.75) is 6.42 Å². The van der Waals surface area contributed by atoms with Gasteiger partial charge >= 0.3 is 6.09 Å². The van der Waals surface area contributed by atoms with E-state index in [-0.39, 0.29) is 12.5 Å². The number of carbonyl (C=O) groups is 2. The van der Waals surface area contributed by atoms with Gasteiger partial charge in [-0.1, -0.05) is 0 Å². The fourth-order valence-electron chi connectivity index (χ4n) is 0.890. The number of nitrogens with zero attached hydrogens (tertiary/aromatic N) is 1. The summed E-state index contributed by atoms with van der Waals surface area (Å²) >= 11 is 0. The van der Waals surface area contributed by atoms with Crippen LogP contribution in [0.25, 0.3) is 0 Å². The van der Waals surface area contributed by atoms with E-state index in [0.29, 0.717) is 6.54 Å². The van der Waals surface area contributed by atoms with Crippen molar-refractivity contribution in [2.24, 2.45) is 5.73 Å². The standard InChI is InChI=1S/C8H17N3O3/c1-11(5-3-4-9)6-7(12)10-8(13)14-2/h3-6,9H2,1-2H3,(H,10,12,13). The Kier molecular flexibility index (Phi) is 6.69. The number of nitrogens with two attached hydrogens (primary N) is 1. The van der Waals surface area contributed by atoms with Gasteiger partial charge in [0.15, 0.2) is 0 Å². The number of ether oxygens (including phenoxy) is 1. The van der Waals surface area contributed by atoms with Crippen molar-refractivity contribution in [1.29, 1.82) is 0 Å². The summed E-state index contributed by atoms with van der Waals surface area (Å²) in [6.45, 7) is 1.48. The molecule has 0 unspecified atom stereocenters. The topological polar surface area (TPSA) is 84.7 Å². The molecule has 0 aromatic heterocycles. The Morgan fingerprint density at radius 2 is 2.14 bits per heavy atom. The van der Waals surface area contributed by atoms with Crippen molar-refractivity contribution in [3.05, 3.63) is 0 Å². The normalized spacial score (nSPS) is 10.0. The second kappa shape index (κ2) is 7.28. The molecule has 0 rings (SSSR count). The highest BCUT2D eigenvalue weighted by Crippen LogP contribution is 1.85. The smallest absolute Gasteiger partial charge is 0.413 e. The monoisotopic (exact) mass is 203 g/mol. The maximum atomic E-state index is 11.1. The number of amides is 2. The zero-order valence-electron chi connectivity index (χ0n) is 8.58. The summed E-state index contributed by atoms with van der Waals surface area (Å²) in [5, 5.41) is 2.06. The Morgan fingerprint density at radius 3 is 2.64 bits per heavy atom. The Labute approximate surface area is 83.4 Å². The number of hydrogen-bond donors (Lipinski definition) is 2. The van der Waals surface area contributed by atoms with Crippen LogP contribution in [0, 0.1) is 0 Å². The van der Waals surface area contributed by atoms with Gasteiger partial charge in [-0.15, -0.1) is 0 Å². The molecular formula is C8H17N3O3. The highest BCUT2D eigenvalue weighted by molar-refractivity contribution is 5.92. The largest absolute Gasteiger partial charge is 0.453 e. The molecule has 0 aliphatic heterocycles. The molecule has 0 heterocycles. The van der Waals surface area contributed by atoms with E-state index in [4.69, 9.17) is 5.73 Å². The molecule has 0 bridgehead atoms. The van der Waals surface area contributed by atoms with Crippen LogP contribution in [0.1, 0.15) is 6.42 Å². The molecule has 0 aliphatic rings. The highest BCUT2D eigenvalue weighted by atomic mass is 16.5. The highest BCUT2D eigenvalue weighted by Gasteiger charge is 2.09. The fraction of sp³-hybridized carbons (Fsp3) is 0.750. The third kappa shape index (κ3) is 6.38. The first-order chi connectivity index (χ1) is 6.60. The van der Waals surface area contributed by atoms with Crippen molar-refractivity contribution >= 4 is 12.0 Å². The van der Waals surface area contributed by atoms with Gasteiger partial charge in [0.25, 0.3) is 0 Å². The first kappa shape index (κ1) is 12.9. The Hall–Kier alpha value is -1.14. The summed E-state index contributed by atoms with van der Waals surface area (Å²) in [6.07, 6.45) is 0.0874. The lowest BCUT2D eigenvalue weighted by atomic mass is 10.4. The Bertz CT molecular complexity index is 196. The maximum Gasteiger partial charge on any atom is 0.413 e. The van der Waals surface area contributed by atoms with E-state index in [1.807, 2.05) is 0 Å². The van der Waals surface area contributed by atoms with Gasteiger partial charge in [0.05, 0.1) is 13.7 Å². The van der Waals surface area contributed by atoms with Crippen LogP contribution in [-0.4, -0.2) is 50.7 Å². The average molecular weight is 203 g/mol. The van der Waals surface area contributed by atoms with E-state index in [1.54, 1.807) is 11.9 Å². The Morgan fingerprint density at radius 1 is 1.50 bits per heavy atom. The van der Waals surface area contributed by atoms with Gasteiger partial charge in [0.1, 0.15) is 0 Å². The summed E-state index contributed by atoms with van der Waals surface area (Å²) in [5.74, 6) is -0.378. The van der Waals surface area contributed by atoms with Crippen LogP contribution in [0.4, 0.5) is 4.79 Å². The summed E-state index contributed by atoms with van der Waals surface area (Å²) in [7, 11) is 2.99. The van der Waals surface area contributed by atoms with Crippen molar-refractivity contribution < 1.29 is 14.3 Å². The van der Waals surface area contributed by atoms with Gasteiger partial charge in [-0.25, -0.2) is 4.79 Å². The van der Waals surface area contributed by atoms with E-state index >= 15 is 0 Å². The maximum absolute atomic E-state index is 11.1. The van der Waals surface area contributed by atoms with Crippen LogP contribution in [-0.2, 0) is 9.53 Å². The molecule has 6 nitrogen and oxygen atoms in total. The minimum atomic E-state index is -0.734. The molecule has 0 aromatic rings. The van der Waals surface area contributed by atoms with Crippen molar-refractivity contribution in [1.82, 2.24) is 10.2 Å². The van der Waals surface area contributed by atoms with E-state index < -0.39 is 6.09 Å². The molecule has 0 aromatic carbocycles. The molecule has 3 N–H and O–H groups in total. The van der Waals surface area contributed by atoms with Crippen LogP contribution < -0.4 is 11.1 Å². The lowest BCUT2D eigenvalue weighted by molar-refractivity contribution is -0.121. The zero-order valence-corrected chi connectivity index (χ0v) is 8.58. The molecule has 2 amide bonds. The predicted octanol–water partition coefficient (Wildman–Crippen LogP) is -0.850. The van der Waals surface area contributed by atoms with E-state index in [2.05, 4.69) is 10.1 Å². The first-order valence-electron chi connectivity index (χ1n) is 4.36. The second-order valence-corrected chi connectivity index (χ2v) is 2.92. The summed E-state index contributed by atoms with van der Waals surface area (Å²) < 4.78 is 4.27. The summed E-state index contributed by atoms with van der Waals surface area (Å²) in [5.41, 5.74) is 5.31. The quantitative estimate of drug-likeness (QED) is 0.608. The van der Waals surface area contributed by atoms with E-state index in [0.717, 1.165) is 13.0 Å². The number of methoxy groups -OCH3 is 1. The lowest BCUT2D eigenvalue weighted by Crippen LogP contribution is -2.39. The van der Waals surface area contributed by atoms with Crippen LogP contribution in [0.3, 0.4) is 0 Å². The van der Waals surface area contributed by atoms with Gasteiger partial charge in [-0.3, -0.25) is 15.0 Å². The van der Waals surface area contributed by atoms with Crippen LogP contribution in [0.2, 0.25) is 0 Å². The molecule has 0 atom stereocenters. The molecule has 0 fully saturated rings. The minimum absolute atomic E-state index is 0.162. The molecule has 0 saturated heterocycles. The molecule has 0 saturated carbocycles. The van der Waals surface area contributed by atoms with Gasteiger partial charge in [0.2, 0.25) is 5.91 Å².